The highest BCUT2D eigenvalue weighted by Crippen LogP contribution is 2.20. The van der Waals surface area contributed by atoms with Gasteiger partial charge < -0.3 is 20.1 Å². The summed E-state index contributed by atoms with van der Waals surface area (Å²) in [5.74, 6) is -3.32. The fourth-order valence-electron chi connectivity index (χ4n) is 2.16. The molecule has 0 saturated heterocycles. The monoisotopic (exact) mass is 320 g/mol. The van der Waals surface area contributed by atoms with E-state index in [0.717, 1.165) is 6.08 Å². The van der Waals surface area contributed by atoms with Crippen LogP contribution in [0.1, 0.15) is 12.0 Å². The molecule has 3 N–H and O–H groups in total. The molecule has 122 valence electrons. The Hall–Kier alpha value is -2.35. The Bertz CT molecular complexity index is 635. The van der Waals surface area contributed by atoms with Gasteiger partial charge in [0.1, 0.15) is 12.2 Å². The van der Waals surface area contributed by atoms with Crippen LogP contribution in [-0.4, -0.2) is 51.4 Å². The average Bonchev–Trinajstić information content (AvgIpc) is 2.52. The van der Waals surface area contributed by atoms with Crippen molar-refractivity contribution in [1.29, 1.82) is 0 Å². The molecule has 0 amide bonds. The van der Waals surface area contributed by atoms with Crippen LogP contribution < -0.4 is 0 Å². The zero-order chi connectivity index (χ0) is 17.0. The molecule has 0 bridgehead atoms. The number of aliphatic hydroxyl groups excluding tert-OH is 3. The number of aliphatic hydroxyl groups is 3. The molecular weight excluding hydrogens is 304 g/mol. The molecule has 0 aliphatic heterocycles. The Kier molecular flexibility index (Phi) is 5.38. The van der Waals surface area contributed by atoms with Crippen LogP contribution in [0.2, 0.25) is 0 Å². The molecular formula is C16H16O7. The van der Waals surface area contributed by atoms with Crippen molar-refractivity contribution in [3.05, 3.63) is 47.5 Å². The van der Waals surface area contributed by atoms with Gasteiger partial charge in [0.05, 0.1) is 6.10 Å². The van der Waals surface area contributed by atoms with E-state index >= 15 is 0 Å². The lowest BCUT2D eigenvalue weighted by Crippen LogP contribution is -2.41. The lowest BCUT2D eigenvalue weighted by molar-refractivity contribution is -0.162. The minimum atomic E-state index is -1.45. The van der Waals surface area contributed by atoms with E-state index in [1.54, 1.807) is 30.3 Å². The number of carbonyl (C=O) groups excluding carboxylic acids is 3. The number of hydrogen-bond acceptors (Lipinski definition) is 7. The van der Waals surface area contributed by atoms with Crippen molar-refractivity contribution in [2.75, 3.05) is 0 Å². The number of ether oxygens (including phenoxy) is 1. The molecule has 1 aliphatic rings. The Labute approximate surface area is 131 Å². The molecule has 3 unspecified atom stereocenters. The van der Waals surface area contributed by atoms with Gasteiger partial charge in [0.15, 0.2) is 0 Å². The van der Waals surface area contributed by atoms with Crippen molar-refractivity contribution >= 4 is 17.7 Å². The Morgan fingerprint density at radius 2 is 1.74 bits per heavy atom. The van der Waals surface area contributed by atoms with Crippen molar-refractivity contribution in [2.45, 2.75) is 31.2 Å². The third-order valence-corrected chi connectivity index (χ3v) is 3.43. The van der Waals surface area contributed by atoms with E-state index in [1.165, 1.54) is 0 Å². The molecule has 1 aliphatic carbocycles. The van der Waals surface area contributed by atoms with Crippen molar-refractivity contribution in [1.82, 2.24) is 0 Å². The van der Waals surface area contributed by atoms with Gasteiger partial charge in [0.25, 0.3) is 0 Å². The maximum absolute atomic E-state index is 11.8. The van der Waals surface area contributed by atoms with Gasteiger partial charge in [-0.1, -0.05) is 30.3 Å². The molecule has 7 nitrogen and oxygen atoms in total. The number of hydrogen-bond donors (Lipinski definition) is 3. The van der Waals surface area contributed by atoms with Crippen LogP contribution in [0, 0.1) is 0 Å². The van der Waals surface area contributed by atoms with Crippen molar-refractivity contribution in [2.24, 2.45) is 0 Å². The predicted octanol–water partition coefficient (Wildman–Crippen LogP) is -0.719. The quantitative estimate of drug-likeness (QED) is 0.380. The molecule has 3 atom stereocenters. The number of esters is 2. The summed E-state index contributed by atoms with van der Waals surface area (Å²) >= 11 is 0. The maximum Gasteiger partial charge on any atom is 0.382 e. The highest BCUT2D eigenvalue weighted by Gasteiger charge is 2.33. The lowest BCUT2D eigenvalue weighted by Gasteiger charge is -2.26. The third-order valence-electron chi connectivity index (χ3n) is 3.43. The standard InChI is InChI=1S/C16H16O7/c17-11-7-10(8-12(18)14(11)20)15(21)23-16(22)13(19)6-9-4-2-1-3-5-9/h1-5,7,11-12,14,17-18,20H,6,8H2. The Morgan fingerprint density at radius 1 is 1.09 bits per heavy atom. The van der Waals surface area contributed by atoms with Crippen molar-refractivity contribution in [3.63, 3.8) is 0 Å². The fourth-order valence-corrected chi connectivity index (χ4v) is 2.16. The fraction of sp³-hybridized carbons (Fsp3) is 0.312. The number of rotatable bonds is 4. The van der Waals surface area contributed by atoms with Gasteiger partial charge in [-0.05, 0) is 11.6 Å². The van der Waals surface area contributed by atoms with Crippen LogP contribution in [0.25, 0.3) is 0 Å². The van der Waals surface area contributed by atoms with Crippen LogP contribution in [0.15, 0.2) is 42.0 Å². The van der Waals surface area contributed by atoms with Gasteiger partial charge >= 0.3 is 11.9 Å². The second-order valence-electron chi connectivity index (χ2n) is 5.21. The lowest BCUT2D eigenvalue weighted by atomic mass is 9.92. The minimum absolute atomic E-state index is 0.170. The van der Waals surface area contributed by atoms with Crippen molar-refractivity contribution in [3.8, 4) is 0 Å². The second-order valence-corrected chi connectivity index (χ2v) is 5.21. The van der Waals surface area contributed by atoms with E-state index in [0.29, 0.717) is 5.56 Å². The van der Waals surface area contributed by atoms with E-state index in [2.05, 4.69) is 4.74 Å². The molecule has 2 rings (SSSR count). The van der Waals surface area contributed by atoms with E-state index in [-0.39, 0.29) is 18.4 Å². The summed E-state index contributed by atoms with van der Waals surface area (Å²) in [5.41, 5.74) is 0.434. The average molecular weight is 320 g/mol. The zero-order valence-corrected chi connectivity index (χ0v) is 12.1. The van der Waals surface area contributed by atoms with Crippen LogP contribution in [0.5, 0.6) is 0 Å². The van der Waals surface area contributed by atoms with Gasteiger partial charge in [-0.15, -0.1) is 0 Å². The molecule has 7 heteroatoms. The maximum atomic E-state index is 11.8. The summed E-state index contributed by atoms with van der Waals surface area (Å²) in [4.78, 5) is 35.2. The first-order valence-corrected chi connectivity index (χ1v) is 6.96. The third kappa shape index (κ3) is 4.32. The van der Waals surface area contributed by atoms with Gasteiger partial charge in [-0.25, -0.2) is 9.59 Å². The van der Waals surface area contributed by atoms with Gasteiger partial charge in [-0.2, -0.15) is 0 Å². The normalized spacial score (nSPS) is 23.8. The smallest absolute Gasteiger partial charge is 0.382 e. The van der Waals surface area contributed by atoms with E-state index in [9.17, 15) is 29.7 Å². The van der Waals surface area contributed by atoms with E-state index in [1.807, 2.05) is 0 Å². The van der Waals surface area contributed by atoms with Gasteiger partial charge in [0, 0.05) is 18.4 Å². The molecule has 0 radical (unpaired) electrons. The van der Waals surface area contributed by atoms with Gasteiger partial charge in [0.2, 0.25) is 5.78 Å². The number of Topliss-reactive ketones (excluding diaryl/α,β-unsaturated/α-hetero) is 1. The first-order valence-electron chi connectivity index (χ1n) is 6.96. The topological polar surface area (TPSA) is 121 Å². The summed E-state index contributed by atoms with van der Waals surface area (Å²) in [7, 11) is 0. The van der Waals surface area contributed by atoms with E-state index in [4.69, 9.17) is 0 Å². The molecule has 1 aromatic carbocycles. The summed E-state index contributed by atoms with van der Waals surface area (Å²) in [5, 5.41) is 28.3. The molecule has 0 heterocycles. The summed E-state index contributed by atoms with van der Waals surface area (Å²) in [6.07, 6.45) is -3.70. The molecule has 0 spiro atoms. The second kappa shape index (κ2) is 7.28. The van der Waals surface area contributed by atoms with Crippen molar-refractivity contribution < 1.29 is 34.4 Å². The van der Waals surface area contributed by atoms with E-state index < -0.39 is 36.0 Å². The molecule has 1 aromatic rings. The summed E-state index contributed by atoms with van der Waals surface area (Å²) in [6, 6.07) is 8.49. The highest BCUT2D eigenvalue weighted by atomic mass is 16.6. The first-order chi connectivity index (χ1) is 10.9. The summed E-state index contributed by atoms with van der Waals surface area (Å²) in [6.45, 7) is 0. The zero-order valence-electron chi connectivity index (χ0n) is 12.1. The van der Waals surface area contributed by atoms with Crippen LogP contribution >= 0.6 is 0 Å². The largest absolute Gasteiger partial charge is 0.390 e. The van der Waals surface area contributed by atoms with Gasteiger partial charge in [-0.3, -0.25) is 4.79 Å². The Morgan fingerprint density at radius 3 is 2.35 bits per heavy atom. The number of ketones is 1. The van der Waals surface area contributed by atoms with Crippen LogP contribution in [0.3, 0.4) is 0 Å². The summed E-state index contributed by atoms with van der Waals surface area (Å²) < 4.78 is 4.46. The predicted molar refractivity (Wildman–Crippen MR) is 77.0 cm³/mol. The molecule has 0 aromatic heterocycles. The highest BCUT2D eigenvalue weighted by molar-refractivity contribution is 6.36. The first kappa shape index (κ1) is 17.0. The number of carbonyl (C=O) groups is 3. The van der Waals surface area contributed by atoms with Crippen LogP contribution in [-0.2, 0) is 25.5 Å². The molecule has 0 fully saturated rings. The molecule has 0 saturated carbocycles. The minimum Gasteiger partial charge on any atom is -0.390 e. The molecule has 23 heavy (non-hydrogen) atoms. The SMILES string of the molecule is O=C(Cc1ccccc1)C(=O)OC(=O)C1=CC(O)C(O)C(O)C1. The number of benzene rings is 1. The Balaban J connectivity index is 1.96. The van der Waals surface area contributed by atoms with Crippen LogP contribution in [0.4, 0.5) is 0 Å².